The van der Waals surface area contributed by atoms with Crippen LogP contribution in [0.15, 0.2) is 35.4 Å². The number of hydrogen-bond acceptors (Lipinski definition) is 5. The lowest BCUT2D eigenvalue weighted by Gasteiger charge is -2.14. The van der Waals surface area contributed by atoms with E-state index in [2.05, 4.69) is 10.3 Å². The van der Waals surface area contributed by atoms with Crippen molar-refractivity contribution in [3.63, 3.8) is 0 Å². The van der Waals surface area contributed by atoms with Gasteiger partial charge in [0.2, 0.25) is 5.91 Å². The summed E-state index contributed by atoms with van der Waals surface area (Å²) in [7, 11) is 0. The van der Waals surface area contributed by atoms with Crippen LogP contribution in [0.5, 0.6) is 0 Å². The molecule has 0 unspecified atom stereocenters. The standard InChI is InChI=1S/C15H15N3O6/c19-12(17-11(15(23)24)5-6-13(20)21)7-18-8-16-10-4-2-1-3-9(10)14(18)22/h1-4,8,11H,5-7H2,(H,17,19)(H,20,21)(H,23,24)/t11-/m1/s1. The van der Waals surface area contributed by atoms with Crippen LogP contribution in [0.2, 0.25) is 0 Å². The Morgan fingerprint density at radius 3 is 2.58 bits per heavy atom. The summed E-state index contributed by atoms with van der Waals surface area (Å²) in [6.45, 7) is -0.409. The van der Waals surface area contributed by atoms with Gasteiger partial charge >= 0.3 is 11.9 Å². The summed E-state index contributed by atoms with van der Waals surface area (Å²) in [4.78, 5) is 49.8. The molecule has 1 aromatic heterocycles. The first-order chi connectivity index (χ1) is 11.4. The molecule has 0 radical (unpaired) electrons. The van der Waals surface area contributed by atoms with Gasteiger partial charge in [-0.05, 0) is 18.6 Å². The molecule has 0 aliphatic rings. The summed E-state index contributed by atoms with van der Waals surface area (Å²) in [5.74, 6) is -3.22. The molecule has 1 aromatic carbocycles. The molecule has 1 amide bonds. The zero-order valence-corrected chi connectivity index (χ0v) is 12.5. The maximum Gasteiger partial charge on any atom is 0.326 e. The van der Waals surface area contributed by atoms with Gasteiger partial charge in [-0.3, -0.25) is 19.0 Å². The van der Waals surface area contributed by atoms with Gasteiger partial charge in [0.05, 0.1) is 17.2 Å². The van der Waals surface area contributed by atoms with E-state index < -0.39 is 42.4 Å². The molecule has 3 N–H and O–H groups in total. The van der Waals surface area contributed by atoms with E-state index in [1.807, 2.05) is 0 Å². The smallest absolute Gasteiger partial charge is 0.326 e. The van der Waals surface area contributed by atoms with Crippen molar-refractivity contribution in [1.82, 2.24) is 14.9 Å². The fourth-order valence-corrected chi connectivity index (χ4v) is 2.14. The number of nitrogens with one attached hydrogen (secondary N) is 1. The van der Waals surface area contributed by atoms with Crippen LogP contribution in [0.1, 0.15) is 12.8 Å². The zero-order valence-electron chi connectivity index (χ0n) is 12.5. The van der Waals surface area contributed by atoms with Gasteiger partial charge in [-0.15, -0.1) is 0 Å². The van der Waals surface area contributed by atoms with Crippen LogP contribution >= 0.6 is 0 Å². The van der Waals surface area contributed by atoms with E-state index >= 15 is 0 Å². The summed E-state index contributed by atoms with van der Waals surface area (Å²) >= 11 is 0. The molecule has 0 aliphatic carbocycles. The average molecular weight is 333 g/mol. The lowest BCUT2D eigenvalue weighted by atomic mass is 10.1. The number of amides is 1. The molecule has 126 valence electrons. The van der Waals surface area contributed by atoms with E-state index in [0.717, 1.165) is 4.57 Å². The fourth-order valence-electron chi connectivity index (χ4n) is 2.14. The highest BCUT2D eigenvalue weighted by atomic mass is 16.4. The van der Waals surface area contributed by atoms with Gasteiger partial charge in [-0.1, -0.05) is 12.1 Å². The lowest BCUT2D eigenvalue weighted by Crippen LogP contribution is -2.43. The number of carboxylic acids is 2. The van der Waals surface area contributed by atoms with Crippen LogP contribution in [-0.2, 0) is 20.9 Å². The number of nitrogens with zero attached hydrogens (tertiary/aromatic N) is 2. The number of fused-ring (bicyclic) bond motifs is 1. The van der Waals surface area contributed by atoms with E-state index in [0.29, 0.717) is 10.9 Å². The normalized spacial score (nSPS) is 11.8. The molecule has 1 atom stereocenters. The molecule has 9 nitrogen and oxygen atoms in total. The number of carbonyl (C=O) groups excluding carboxylic acids is 1. The Hall–Kier alpha value is -3.23. The van der Waals surface area contributed by atoms with E-state index in [-0.39, 0.29) is 6.42 Å². The van der Waals surface area contributed by atoms with Crippen molar-refractivity contribution in [3.8, 4) is 0 Å². The molecule has 2 rings (SSSR count). The number of aliphatic carboxylic acids is 2. The van der Waals surface area contributed by atoms with Crippen LogP contribution in [-0.4, -0.2) is 43.7 Å². The number of para-hydroxylation sites is 1. The van der Waals surface area contributed by atoms with Crippen molar-refractivity contribution < 1.29 is 24.6 Å². The molecule has 0 fully saturated rings. The topological polar surface area (TPSA) is 139 Å². The maximum atomic E-state index is 12.2. The minimum Gasteiger partial charge on any atom is -0.481 e. The number of benzene rings is 1. The van der Waals surface area contributed by atoms with Crippen molar-refractivity contribution in [2.45, 2.75) is 25.4 Å². The second-order valence-electron chi connectivity index (χ2n) is 5.09. The van der Waals surface area contributed by atoms with Gasteiger partial charge in [-0.2, -0.15) is 0 Å². The number of rotatable bonds is 7. The molecule has 0 aliphatic heterocycles. The highest BCUT2D eigenvalue weighted by molar-refractivity contribution is 5.84. The monoisotopic (exact) mass is 333 g/mol. The van der Waals surface area contributed by atoms with E-state index in [1.165, 1.54) is 6.33 Å². The van der Waals surface area contributed by atoms with Crippen LogP contribution in [0.25, 0.3) is 10.9 Å². The van der Waals surface area contributed by atoms with Crippen LogP contribution < -0.4 is 10.9 Å². The summed E-state index contributed by atoms with van der Waals surface area (Å²) in [5, 5.41) is 20.1. The summed E-state index contributed by atoms with van der Waals surface area (Å²) < 4.78 is 1.06. The second-order valence-corrected chi connectivity index (χ2v) is 5.09. The number of aromatic nitrogens is 2. The molecule has 0 saturated heterocycles. The fraction of sp³-hybridized carbons (Fsp3) is 0.267. The summed E-state index contributed by atoms with van der Waals surface area (Å²) in [6.07, 6.45) is 0.563. The molecule has 2 aromatic rings. The third-order valence-electron chi connectivity index (χ3n) is 3.33. The number of carbonyl (C=O) groups is 3. The van der Waals surface area contributed by atoms with E-state index in [9.17, 15) is 19.2 Å². The van der Waals surface area contributed by atoms with Gasteiger partial charge in [0.25, 0.3) is 5.56 Å². The number of carboxylic acid groups (broad SMARTS) is 2. The molecule has 24 heavy (non-hydrogen) atoms. The molecule has 1 heterocycles. The van der Waals surface area contributed by atoms with Crippen molar-refractivity contribution in [2.24, 2.45) is 0 Å². The van der Waals surface area contributed by atoms with E-state index in [4.69, 9.17) is 10.2 Å². The minimum atomic E-state index is -1.34. The predicted octanol–water partition coefficient (Wildman–Crippen LogP) is -0.169. The molecule has 0 spiro atoms. The Morgan fingerprint density at radius 2 is 1.92 bits per heavy atom. The van der Waals surface area contributed by atoms with Crippen LogP contribution in [0.4, 0.5) is 0 Å². The van der Waals surface area contributed by atoms with Gasteiger partial charge in [0.15, 0.2) is 0 Å². The van der Waals surface area contributed by atoms with Gasteiger partial charge < -0.3 is 15.5 Å². The lowest BCUT2D eigenvalue weighted by molar-refractivity contribution is -0.143. The second kappa shape index (κ2) is 7.36. The van der Waals surface area contributed by atoms with Gasteiger partial charge in [0.1, 0.15) is 12.6 Å². The van der Waals surface area contributed by atoms with Crippen molar-refractivity contribution in [3.05, 3.63) is 40.9 Å². The van der Waals surface area contributed by atoms with Crippen LogP contribution in [0.3, 0.4) is 0 Å². The first-order valence-corrected chi connectivity index (χ1v) is 7.06. The van der Waals surface area contributed by atoms with Crippen LogP contribution in [0, 0.1) is 0 Å². The van der Waals surface area contributed by atoms with Gasteiger partial charge in [0, 0.05) is 6.42 Å². The minimum absolute atomic E-state index is 0.249. The highest BCUT2D eigenvalue weighted by Gasteiger charge is 2.21. The third kappa shape index (κ3) is 4.15. The molecule has 9 heteroatoms. The summed E-state index contributed by atoms with van der Waals surface area (Å²) in [5.41, 5.74) is 0.0668. The first kappa shape index (κ1) is 17.1. The molecular formula is C15H15N3O6. The molecule has 0 saturated carbocycles. The maximum absolute atomic E-state index is 12.2. The van der Waals surface area contributed by atoms with Crippen molar-refractivity contribution in [2.75, 3.05) is 0 Å². The third-order valence-corrected chi connectivity index (χ3v) is 3.33. The van der Waals surface area contributed by atoms with E-state index in [1.54, 1.807) is 24.3 Å². The highest BCUT2D eigenvalue weighted by Crippen LogP contribution is 2.04. The molecular weight excluding hydrogens is 318 g/mol. The Labute approximate surface area is 135 Å². The summed E-state index contributed by atoms with van der Waals surface area (Å²) in [6, 6.07) is 5.30. The number of hydrogen-bond donors (Lipinski definition) is 3. The van der Waals surface area contributed by atoms with Gasteiger partial charge in [-0.25, -0.2) is 9.78 Å². The van der Waals surface area contributed by atoms with Crippen molar-refractivity contribution >= 4 is 28.7 Å². The SMILES string of the molecule is O=C(O)CC[C@@H](NC(=O)Cn1cnc2ccccc2c1=O)C(=O)O. The Bertz CT molecular complexity index is 844. The Morgan fingerprint density at radius 1 is 1.21 bits per heavy atom. The quantitative estimate of drug-likeness (QED) is 0.639. The Balaban J connectivity index is 2.11. The average Bonchev–Trinajstić information content (AvgIpc) is 2.54. The Kier molecular flexibility index (Phi) is 5.25. The predicted molar refractivity (Wildman–Crippen MR) is 82.4 cm³/mol. The largest absolute Gasteiger partial charge is 0.481 e. The first-order valence-electron chi connectivity index (χ1n) is 7.06. The van der Waals surface area contributed by atoms with Crippen molar-refractivity contribution in [1.29, 1.82) is 0 Å². The molecule has 0 bridgehead atoms. The zero-order chi connectivity index (χ0) is 17.7.